The zero-order chi connectivity index (χ0) is 13.7. The highest BCUT2D eigenvalue weighted by molar-refractivity contribution is 5.91. The van der Waals surface area contributed by atoms with E-state index in [1.54, 1.807) is 10.9 Å². The zero-order valence-corrected chi connectivity index (χ0v) is 10.3. The average molecular weight is 262 g/mol. The molecule has 0 spiro atoms. The van der Waals surface area contributed by atoms with Crippen molar-refractivity contribution in [2.75, 3.05) is 11.1 Å². The van der Waals surface area contributed by atoms with E-state index in [0.717, 1.165) is 0 Å². The van der Waals surface area contributed by atoms with Crippen molar-refractivity contribution in [2.24, 2.45) is 0 Å². The lowest BCUT2D eigenvalue weighted by atomic mass is 10.2. The number of hydrogen-bond acceptors (Lipinski definition) is 3. The zero-order valence-electron chi connectivity index (χ0n) is 10.3. The minimum atomic E-state index is -0.489. The highest BCUT2D eigenvalue weighted by atomic mass is 19.1. The van der Waals surface area contributed by atoms with E-state index in [4.69, 9.17) is 5.73 Å². The summed E-state index contributed by atoms with van der Waals surface area (Å²) in [5.41, 5.74) is 5.95. The molecule has 3 N–H and O–H groups in total. The molecule has 6 heteroatoms. The lowest BCUT2D eigenvalue weighted by Crippen LogP contribution is -2.12. The molecule has 0 saturated carbocycles. The number of amides is 1. The number of hydrogen-bond donors (Lipinski definition) is 2. The maximum atomic E-state index is 12.9. The van der Waals surface area contributed by atoms with Crippen LogP contribution in [0.1, 0.15) is 12.8 Å². The number of nitrogens with two attached hydrogens (primary N) is 1. The van der Waals surface area contributed by atoms with Crippen molar-refractivity contribution in [3.63, 3.8) is 0 Å². The number of nitrogens with zero attached hydrogens (tertiary/aromatic N) is 2. The first kappa shape index (κ1) is 13.1. The molecule has 2 aromatic rings. The Morgan fingerprint density at radius 1 is 1.47 bits per heavy atom. The Morgan fingerprint density at radius 2 is 2.32 bits per heavy atom. The smallest absolute Gasteiger partial charge is 0.224 e. The molecule has 0 bridgehead atoms. The molecule has 2 rings (SSSR count). The van der Waals surface area contributed by atoms with Crippen LogP contribution in [0.25, 0.3) is 0 Å². The monoisotopic (exact) mass is 262 g/mol. The molecule has 0 unspecified atom stereocenters. The van der Waals surface area contributed by atoms with E-state index in [9.17, 15) is 9.18 Å². The normalized spacial score (nSPS) is 10.4. The fourth-order valence-corrected chi connectivity index (χ4v) is 1.68. The summed E-state index contributed by atoms with van der Waals surface area (Å²) in [6.45, 7) is 0.686. The molecule has 1 heterocycles. The van der Waals surface area contributed by atoms with Gasteiger partial charge in [0.15, 0.2) is 0 Å². The molecular weight excluding hydrogens is 247 g/mol. The second-order valence-corrected chi connectivity index (χ2v) is 4.16. The molecule has 19 heavy (non-hydrogen) atoms. The molecule has 0 saturated heterocycles. The highest BCUT2D eigenvalue weighted by Gasteiger charge is 2.04. The van der Waals surface area contributed by atoms with E-state index < -0.39 is 5.82 Å². The summed E-state index contributed by atoms with van der Waals surface area (Å²) in [5.74, 6) is -0.616. The van der Waals surface area contributed by atoms with Crippen LogP contribution in [-0.4, -0.2) is 15.7 Å². The SMILES string of the molecule is Nc1cc(NC(=O)CCCn2cccn2)ccc1F. The third-order valence-electron chi connectivity index (χ3n) is 2.63. The largest absolute Gasteiger partial charge is 0.396 e. The van der Waals surface area contributed by atoms with Crippen LogP contribution in [0.15, 0.2) is 36.7 Å². The summed E-state index contributed by atoms with van der Waals surface area (Å²) in [5, 5.41) is 6.72. The fourth-order valence-electron chi connectivity index (χ4n) is 1.68. The van der Waals surface area contributed by atoms with Crippen molar-refractivity contribution < 1.29 is 9.18 Å². The van der Waals surface area contributed by atoms with Crippen molar-refractivity contribution in [3.05, 3.63) is 42.5 Å². The summed E-state index contributed by atoms with van der Waals surface area (Å²) in [7, 11) is 0. The standard InChI is InChI=1S/C13H15FN4O/c14-11-5-4-10(9-12(11)15)17-13(19)3-1-7-18-8-2-6-16-18/h2,4-6,8-9H,1,3,7,15H2,(H,17,19). The topological polar surface area (TPSA) is 72.9 Å². The Balaban J connectivity index is 1.79. The minimum Gasteiger partial charge on any atom is -0.396 e. The van der Waals surface area contributed by atoms with Crippen LogP contribution in [-0.2, 0) is 11.3 Å². The lowest BCUT2D eigenvalue weighted by Gasteiger charge is -2.06. The first-order chi connectivity index (χ1) is 9.15. The molecule has 100 valence electrons. The number of halogens is 1. The number of anilines is 2. The maximum Gasteiger partial charge on any atom is 0.224 e. The van der Waals surface area contributed by atoms with Gasteiger partial charge in [-0.3, -0.25) is 9.48 Å². The van der Waals surface area contributed by atoms with Gasteiger partial charge in [-0.25, -0.2) is 4.39 Å². The van der Waals surface area contributed by atoms with Crippen molar-refractivity contribution >= 4 is 17.3 Å². The van der Waals surface area contributed by atoms with E-state index in [1.807, 2.05) is 12.3 Å². The van der Waals surface area contributed by atoms with Gasteiger partial charge in [-0.15, -0.1) is 0 Å². The molecule has 0 fully saturated rings. The minimum absolute atomic E-state index is 0.0225. The van der Waals surface area contributed by atoms with Crippen molar-refractivity contribution in [2.45, 2.75) is 19.4 Å². The molecule has 0 atom stereocenters. The highest BCUT2D eigenvalue weighted by Crippen LogP contribution is 2.16. The van der Waals surface area contributed by atoms with E-state index in [0.29, 0.717) is 25.1 Å². The number of nitrogens with one attached hydrogen (secondary N) is 1. The van der Waals surface area contributed by atoms with Gasteiger partial charge in [-0.05, 0) is 30.7 Å². The Kier molecular flexibility index (Phi) is 4.12. The number of rotatable bonds is 5. The summed E-state index contributed by atoms with van der Waals surface area (Å²) in [4.78, 5) is 11.7. The Morgan fingerprint density at radius 3 is 3.00 bits per heavy atom. The van der Waals surface area contributed by atoms with Crippen LogP contribution in [0, 0.1) is 5.82 Å². The number of carbonyl (C=O) groups is 1. The van der Waals surface area contributed by atoms with Crippen molar-refractivity contribution in [1.29, 1.82) is 0 Å². The van der Waals surface area contributed by atoms with Gasteiger partial charge in [-0.1, -0.05) is 0 Å². The summed E-state index contributed by atoms with van der Waals surface area (Å²) in [6, 6.07) is 5.95. The Labute approximate surface area is 110 Å². The first-order valence-corrected chi connectivity index (χ1v) is 5.97. The molecule has 0 aliphatic rings. The second kappa shape index (κ2) is 5.99. The van der Waals surface area contributed by atoms with E-state index in [2.05, 4.69) is 10.4 Å². The van der Waals surface area contributed by atoms with Gasteiger partial charge in [0, 0.05) is 31.0 Å². The van der Waals surface area contributed by atoms with Crippen LogP contribution in [0.5, 0.6) is 0 Å². The molecule has 0 aliphatic carbocycles. The maximum absolute atomic E-state index is 12.9. The van der Waals surface area contributed by atoms with Gasteiger partial charge in [0.25, 0.3) is 0 Å². The van der Waals surface area contributed by atoms with Gasteiger partial charge < -0.3 is 11.1 Å². The Hall–Kier alpha value is -2.37. The molecule has 0 radical (unpaired) electrons. The van der Waals surface area contributed by atoms with Crippen LogP contribution >= 0.6 is 0 Å². The van der Waals surface area contributed by atoms with Crippen LogP contribution in [0.4, 0.5) is 15.8 Å². The molecule has 1 amide bonds. The number of carbonyl (C=O) groups excluding carboxylic acids is 1. The predicted octanol–water partition coefficient (Wildman–Crippen LogP) is 2.02. The van der Waals surface area contributed by atoms with Crippen LogP contribution < -0.4 is 11.1 Å². The van der Waals surface area contributed by atoms with Crippen LogP contribution in [0.3, 0.4) is 0 Å². The van der Waals surface area contributed by atoms with Gasteiger partial charge in [0.2, 0.25) is 5.91 Å². The van der Waals surface area contributed by atoms with Gasteiger partial charge >= 0.3 is 0 Å². The quantitative estimate of drug-likeness (QED) is 0.810. The molecular formula is C13H15FN4O. The number of aromatic nitrogens is 2. The summed E-state index contributed by atoms with van der Waals surface area (Å²) in [6.07, 6.45) is 4.60. The summed E-state index contributed by atoms with van der Waals surface area (Å²) >= 11 is 0. The third kappa shape index (κ3) is 3.80. The van der Waals surface area contributed by atoms with Crippen molar-refractivity contribution in [3.8, 4) is 0 Å². The number of nitrogen functional groups attached to an aromatic ring is 1. The molecule has 5 nitrogen and oxygen atoms in total. The average Bonchev–Trinajstić information content (AvgIpc) is 2.87. The van der Waals surface area contributed by atoms with Crippen LogP contribution in [0.2, 0.25) is 0 Å². The first-order valence-electron chi connectivity index (χ1n) is 5.97. The van der Waals surface area contributed by atoms with Crippen molar-refractivity contribution in [1.82, 2.24) is 9.78 Å². The van der Waals surface area contributed by atoms with E-state index in [-0.39, 0.29) is 11.6 Å². The number of benzene rings is 1. The predicted molar refractivity (Wildman–Crippen MR) is 70.9 cm³/mol. The van der Waals surface area contributed by atoms with Gasteiger partial charge in [0.1, 0.15) is 5.82 Å². The van der Waals surface area contributed by atoms with E-state index >= 15 is 0 Å². The molecule has 1 aromatic heterocycles. The fraction of sp³-hybridized carbons (Fsp3) is 0.231. The molecule has 1 aromatic carbocycles. The van der Waals surface area contributed by atoms with Gasteiger partial charge in [-0.2, -0.15) is 5.10 Å². The van der Waals surface area contributed by atoms with Gasteiger partial charge in [0.05, 0.1) is 5.69 Å². The number of aryl methyl sites for hydroxylation is 1. The summed E-state index contributed by atoms with van der Waals surface area (Å²) < 4.78 is 14.7. The second-order valence-electron chi connectivity index (χ2n) is 4.16. The van der Waals surface area contributed by atoms with E-state index in [1.165, 1.54) is 18.2 Å². The Bertz CT molecular complexity index is 554. The lowest BCUT2D eigenvalue weighted by molar-refractivity contribution is -0.116. The molecule has 0 aliphatic heterocycles. The third-order valence-corrected chi connectivity index (χ3v) is 2.63.